The van der Waals surface area contributed by atoms with Gasteiger partial charge in [-0.1, -0.05) is 58.0 Å². The van der Waals surface area contributed by atoms with Gasteiger partial charge in [-0.15, -0.1) is 0 Å². The third-order valence-corrected chi connectivity index (χ3v) is 7.29. The predicted octanol–water partition coefficient (Wildman–Crippen LogP) is 1.36. The molecular formula is C26H41N5O3. The van der Waals surface area contributed by atoms with Gasteiger partial charge in [0.2, 0.25) is 17.7 Å². The first kappa shape index (κ1) is 26.2. The number of nitrogens with zero attached hydrogens (tertiary/aromatic N) is 2. The van der Waals surface area contributed by atoms with Gasteiger partial charge < -0.3 is 20.9 Å². The predicted molar refractivity (Wildman–Crippen MR) is 133 cm³/mol. The number of nitrogens with one attached hydrogen (secondary N) is 3. The third-order valence-electron chi connectivity index (χ3n) is 7.29. The van der Waals surface area contributed by atoms with Crippen LogP contribution >= 0.6 is 0 Å². The molecular weight excluding hydrogens is 430 g/mol. The monoisotopic (exact) mass is 471 g/mol. The van der Waals surface area contributed by atoms with E-state index >= 15 is 0 Å². The van der Waals surface area contributed by atoms with Crippen LogP contribution in [0.2, 0.25) is 0 Å². The van der Waals surface area contributed by atoms with Gasteiger partial charge in [0.15, 0.2) is 0 Å². The lowest BCUT2D eigenvalue weighted by molar-refractivity contribution is -0.142. The highest BCUT2D eigenvalue weighted by Crippen LogP contribution is 2.37. The number of carbonyl (C=O) groups excluding carboxylic acids is 3. The zero-order chi connectivity index (χ0) is 25.0. The first-order valence-electron chi connectivity index (χ1n) is 12.4. The number of benzene rings is 1. The summed E-state index contributed by atoms with van der Waals surface area (Å²) in [7, 11) is 1.72. The van der Waals surface area contributed by atoms with E-state index in [4.69, 9.17) is 0 Å². The van der Waals surface area contributed by atoms with Crippen LogP contribution in [0, 0.1) is 11.3 Å². The SMILES string of the molecule is CCN1C[C@H](C(=O)NCc2ccccc2)[C@@H]2[C@H]1CCN2C(=O)[C@@H](NC(=O)[C@H](C)NC)C(C)(C)C. The Morgan fingerprint density at radius 1 is 1.15 bits per heavy atom. The van der Waals surface area contributed by atoms with Crippen LogP contribution in [0.5, 0.6) is 0 Å². The van der Waals surface area contributed by atoms with Crippen molar-refractivity contribution in [2.75, 3.05) is 26.7 Å². The number of amides is 3. The Morgan fingerprint density at radius 3 is 2.41 bits per heavy atom. The minimum atomic E-state index is -0.668. The lowest BCUT2D eigenvalue weighted by Gasteiger charge is -2.37. The van der Waals surface area contributed by atoms with E-state index in [1.165, 1.54) is 0 Å². The molecule has 0 saturated carbocycles. The summed E-state index contributed by atoms with van der Waals surface area (Å²) >= 11 is 0. The van der Waals surface area contributed by atoms with E-state index in [9.17, 15) is 14.4 Å². The van der Waals surface area contributed by atoms with Gasteiger partial charge in [-0.2, -0.15) is 0 Å². The van der Waals surface area contributed by atoms with Crippen molar-refractivity contribution in [2.45, 2.75) is 71.8 Å². The Hall–Kier alpha value is -2.45. The topological polar surface area (TPSA) is 93.8 Å². The Kier molecular flexibility index (Phi) is 8.36. The summed E-state index contributed by atoms with van der Waals surface area (Å²) in [4.78, 5) is 44.0. The van der Waals surface area contributed by atoms with Crippen molar-refractivity contribution in [1.29, 1.82) is 0 Å². The van der Waals surface area contributed by atoms with Crippen LogP contribution in [0.3, 0.4) is 0 Å². The average molecular weight is 472 g/mol. The molecule has 2 aliphatic heterocycles. The third kappa shape index (κ3) is 5.61. The maximum atomic E-state index is 13.9. The molecule has 3 amide bonds. The number of likely N-dealkylation sites (tertiary alicyclic amines) is 2. The van der Waals surface area contributed by atoms with Crippen molar-refractivity contribution in [3.8, 4) is 0 Å². The van der Waals surface area contributed by atoms with E-state index in [1.54, 1.807) is 14.0 Å². The summed E-state index contributed by atoms with van der Waals surface area (Å²) in [5.74, 6) is -0.622. The molecule has 1 aromatic carbocycles. The molecule has 34 heavy (non-hydrogen) atoms. The summed E-state index contributed by atoms with van der Waals surface area (Å²) in [6.07, 6.45) is 0.838. The van der Waals surface area contributed by atoms with Gasteiger partial charge >= 0.3 is 0 Å². The van der Waals surface area contributed by atoms with Crippen LogP contribution in [0.25, 0.3) is 0 Å². The van der Waals surface area contributed by atoms with Gasteiger partial charge in [0.05, 0.1) is 18.0 Å². The van der Waals surface area contributed by atoms with Gasteiger partial charge in [-0.25, -0.2) is 0 Å². The molecule has 0 radical (unpaired) electrons. The Bertz CT molecular complexity index is 869. The molecule has 5 atom stereocenters. The van der Waals surface area contributed by atoms with Crippen molar-refractivity contribution < 1.29 is 14.4 Å². The number of rotatable bonds is 8. The molecule has 2 saturated heterocycles. The Labute approximate surface area is 203 Å². The van der Waals surface area contributed by atoms with Crippen molar-refractivity contribution in [1.82, 2.24) is 25.8 Å². The van der Waals surface area contributed by atoms with Gasteiger partial charge in [-0.05, 0) is 37.9 Å². The zero-order valence-corrected chi connectivity index (χ0v) is 21.4. The van der Waals surface area contributed by atoms with Gasteiger partial charge in [0, 0.05) is 25.7 Å². The summed E-state index contributed by atoms with van der Waals surface area (Å²) in [5, 5.41) is 9.00. The number of carbonyl (C=O) groups is 3. The fraction of sp³-hybridized carbons (Fsp3) is 0.654. The number of hydrogen-bond acceptors (Lipinski definition) is 5. The van der Waals surface area contributed by atoms with E-state index in [0.717, 1.165) is 18.5 Å². The number of fused-ring (bicyclic) bond motifs is 1. The highest BCUT2D eigenvalue weighted by Gasteiger charge is 2.53. The summed E-state index contributed by atoms with van der Waals surface area (Å²) < 4.78 is 0. The molecule has 2 fully saturated rings. The summed E-state index contributed by atoms with van der Waals surface area (Å²) in [6.45, 7) is 12.3. The molecule has 0 aliphatic carbocycles. The van der Waals surface area contributed by atoms with Gasteiger partial charge in [-0.3, -0.25) is 19.3 Å². The van der Waals surface area contributed by atoms with Gasteiger partial charge in [0.1, 0.15) is 6.04 Å². The zero-order valence-electron chi connectivity index (χ0n) is 21.4. The second kappa shape index (κ2) is 10.9. The van der Waals surface area contributed by atoms with Crippen molar-refractivity contribution in [3.05, 3.63) is 35.9 Å². The first-order valence-corrected chi connectivity index (χ1v) is 12.4. The molecule has 0 aromatic heterocycles. The molecule has 0 spiro atoms. The molecule has 3 rings (SSSR count). The molecule has 188 valence electrons. The summed E-state index contributed by atoms with van der Waals surface area (Å²) in [6, 6.07) is 8.75. The molecule has 8 heteroatoms. The van der Waals surface area contributed by atoms with E-state index in [0.29, 0.717) is 19.6 Å². The van der Waals surface area contributed by atoms with Crippen molar-refractivity contribution in [3.63, 3.8) is 0 Å². The maximum absolute atomic E-state index is 13.9. The number of hydrogen-bond donors (Lipinski definition) is 3. The second-order valence-corrected chi connectivity index (χ2v) is 10.6. The van der Waals surface area contributed by atoms with E-state index in [-0.39, 0.29) is 35.7 Å². The fourth-order valence-electron chi connectivity index (χ4n) is 5.17. The van der Waals surface area contributed by atoms with Crippen LogP contribution < -0.4 is 16.0 Å². The smallest absolute Gasteiger partial charge is 0.246 e. The van der Waals surface area contributed by atoms with Crippen LogP contribution in [-0.4, -0.2) is 78.4 Å². The Morgan fingerprint density at radius 2 is 1.82 bits per heavy atom. The largest absolute Gasteiger partial charge is 0.352 e. The molecule has 0 unspecified atom stereocenters. The average Bonchev–Trinajstić information content (AvgIpc) is 3.40. The van der Waals surface area contributed by atoms with Crippen LogP contribution in [0.15, 0.2) is 30.3 Å². The lowest BCUT2D eigenvalue weighted by atomic mass is 9.85. The minimum absolute atomic E-state index is 0.0188. The van der Waals surface area contributed by atoms with Crippen molar-refractivity contribution >= 4 is 17.7 Å². The van der Waals surface area contributed by atoms with E-state index in [2.05, 4.69) is 27.8 Å². The van der Waals surface area contributed by atoms with E-state index in [1.807, 2.05) is 56.0 Å². The number of likely N-dealkylation sites (N-methyl/N-ethyl adjacent to an activating group) is 2. The molecule has 3 N–H and O–H groups in total. The van der Waals surface area contributed by atoms with Crippen LogP contribution in [0.1, 0.15) is 46.6 Å². The fourth-order valence-corrected chi connectivity index (χ4v) is 5.17. The summed E-state index contributed by atoms with van der Waals surface area (Å²) in [5.41, 5.74) is 0.582. The minimum Gasteiger partial charge on any atom is -0.352 e. The molecule has 2 aliphatic rings. The highest BCUT2D eigenvalue weighted by atomic mass is 16.2. The van der Waals surface area contributed by atoms with E-state index < -0.39 is 17.5 Å². The molecule has 8 nitrogen and oxygen atoms in total. The first-order chi connectivity index (χ1) is 16.1. The highest BCUT2D eigenvalue weighted by molar-refractivity contribution is 5.91. The molecule has 0 bridgehead atoms. The maximum Gasteiger partial charge on any atom is 0.246 e. The van der Waals surface area contributed by atoms with Crippen molar-refractivity contribution in [2.24, 2.45) is 11.3 Å². The van der Waals surface area contributed by atoms with Gasteiger partial charge in [0.25, 0.3) is 0 Å². The quantitative estimate of drug-likeness (QED) is 0.532. The standard InChI is InChI=1S/C26H41N5O3/c1-7-30-16-19(24(33)28-15-18-11-9-8-10-12-18)21-20(30)13-14-31(21)25(34)22(26(3,4)5)29-23(32)17(2)27-6/h8-12,17,19-22,27H,7,13-16H2,1-6H3,(H,28,33)(H,29,32)/t17-,19-,20+,21+,22+/m0/s1. The normalized spacial score (nSPS) is 24.4. The second-order valence-electron chi connectivity index (χ2n) is 10.6. The molecule has 2 heterocycles. The Balaban J connectivity index is 1.79. The lowest BCUT2D eigenvalue weighted by Crippen LogP contribution is -2.59. The van der Waals surface area contributed by atoms with Crippen LogP contribution in [0.4, 0.5) is 0 Å². The van der Waals surface area contributed by atoms with Crippen LogP contribution in [-0.2, 0) is 20.9 Å². The molecule has 1 aromatic rings.